The van der Waals surface area contributed by atoms with E-state index in [-0.39, 0.29) is 11.8 Å². The maximum atomic E-state index is 12.0. The van der Waals surface area contributed by atoms with E-state index in [1.54, 1.807) is 36.7 Å². The van der Waals surface area contributed by atoms with Crippen molar-refractivity contribution in [2.45, 2.75) is 6.92 Å². The third kappa shape index (κ3) is 4.54. The minimum absolute atomic E-state index is 0.153. The van der Waals surface area contributed by atoms with Gasteiger partial charge < -0.3 is 15.8 Å². The van der Waals surface area contributed by atoms with Crippen molar-refractivity contribution < 1.29 is 9.53 Å². The van der Waals surface area contributed by atoms with Gasteiger partial charge in [-0.05, 0) is 30.7 Å². The van der Waals surface area contributed by atoms with Gasteiger partial charge in [-0.3, -0.25) is 9.78 Å². The van der Waals surface area contributed by atoms with E-state index in [0.29, 0.717) is 30.3 Å². The number of hydrogen-bond donors (Lipinski definition) is 2. The Kier molecular flexibility index (Phi) is 5.22. The fraction of sp³-hybridized carbons (Fsp3) is 0.267. The highest BCUT2D eigenvalue weighted by atomic mass is 16.5. The van der Waals surface area contributed by atoms with Crippen molar-refractivity contribution in [3.05, 3.63) is 48.4 Å². The summed E-state index contributed by atoms with van der Waals surface area (Å²) in [6, 6.07) is 6.91. The van der Waals surface area contributed by atoms with Gasteiger partial charge in [0.1, 0.15) is 5.75 Å². The number of hydrogen-bond acceptors (Lipinski definition) is 5. The van der Waals surface area contributed by atoms with Crippen LogP contribution >= 0.6 is 0 Å². The quantitative estimate of drug-likeness (QED) is 0.841. The third-order valence-corrected chi connectivity index (χ3v) is 2.87. The molecule has 2 aromatic rings. The number of benzene rings is 1. The standard InChI is InChI=1S/C15H18N4O2/c1-11(8-16)9-19-15(20)12-3-2-4-13(7-12)21-14-10-17-5-6-18-14/h2-7,10-11H,8-9,16H2,1H3,(H,19,20). The fourth-order valence-electron chi connectivity index (χ4n) is 1.61. The average molecular weight is 286 g/mol. The predicted octanol–water partition coefficient (Wildman–Crippen LogP) is 1.59. The summed E-state index contributed by atoms with van der Waals surface area (Å²) in [5.74, 6) is 1.01. The van der Waals surface area contributed by atoms with Gasteiger partial charge in [-0.2, -0.15) is 0 Å². The normalized spacial score (nSPS) is 11.7. The molecule has 1 aromatic carbocycles. The molecule has 0 saturated heterocycles. The fourth-order valence-corrected chi connectivity index (χ4v) is 1.61. The molecule has 2 rings (SSSR count). The maximum absolute atomic E-state index is 12.0. The molecule has 0 fully saturated rings. The number of aromatic nitrogens is 2. The van der Waals surface area contributed by atoms with Gasteiger partial charge >= 0.3 is 0 Å². The first-order chi connectivity index (χ1) is 10.2. The van der Waals surface area contributed by atoms with Gasteiger partial charge in [0.15, 0.2) is 0 Å². The Balaban J connectivity index is 2.02. The number of rotatable bonds is 6. The van der Waals surface area contributed by atoms with Crippen LogP contribution in [0, 0.1) is 5.92 Å². The average Bonchev–Trinajstić information content (AvgIpc) is 2.53. The van der Waals surface area contributed by atoms with Gasteiger partial charge in [0.05, 0.1) is 6.20 Å². The second-order valence-corrected chi connectivity index (χ2v) is 4.72. The van der Waals surface area contributed by atoms with Crippen molar-refractivity contribution >= 4 is 5.91 Å². The van der Waals surface area contributed by atoms with Crippen LogP contribution in [0.4, 0.5) is 0 Å². The summed E-state index contributed by atoms with van der Waals surface area (Å²) in [6.45, 7) is 3.06. The molecule has 1 atom stereocenters. The van der Waals surface area contributed by atoms with Crippen molar-refractivity contribution in [1.29, 1.82) is 0 Å². The topological polar surface area (TPSA) is 90.1 Å². The van der Waals surface area contributed by atoms with Crippen molar-refractivity contribution in [2.75, 3.05) is 13.1 Å². The summed E-state index contributed by atoms with van der Waals surface area (Å²) in [4.78, 5) is 20.0. The van der Waals surface area contributed by atoms with Gasteiger partial charge in [0.2, 0.25) is 5.88 Å². The van der Waals surface area contributed by atoms with Gasteiger partial charge in [0.25, 0.3) is 5.91 Å². The summed E-state index contributed by atoms with van der Waals surface area (Å²) >= 11 is 0. The highest BCUT2D eigenvalue weighted by molar-refractivity contribution is 5.94. The summed E-state index contributed by atoms with van der Waals surface area (Å²) in [6.07, 6.45) is 4.62. The van der Waals surface area contributed by atoms with Crippen LogP contribution in [0.1, 0.15) is 17.3 Å². The first-order valence-corrected chi connectivity index (χ1v) is 6.71. The number of carbonyl (C=O) groups excluding carboxylic acids is 1. The molecule has 1 amide bonds. The van der Waals surface area contributed by atoms with E-state index in [1.807, 2.05) is 6.92 Å². The Bertz CT molecular complexity index is 589. The van der Waals surface area contributed by atoms with Gasteiger partial charge in [-0.1, -0.05) is 13.0 Å². The number of nitrogens with zero attached hydrogens (tertiary/aromatic N) is 2. The van der Waals surface area contributed by atoms with Crippen LogP contribution in [0.2, 0.25) is 0 Å². The Hall–Kier alpha value is -2.47. The molecule has 6 nitrogen and oxygen atoms in total. The molecule has 0 saturated carbocycles. The minimum Gasteiger partial charge on any atom is -0.437 e. The van der Waals surface area contributed by atoms with Crippen LogP contribution < -0.4 is 15.8 Å². The summed E-state index contributed by atoms with van der Waals surface area (Å²) in [7, 11) is 0. The van der Waals surface area contributed by atoms with Crippen LogP contribution in [0.25, 0.3) is 0 Å². The minimum atomic E-state index is -0.153. The molecular weight excluding hydrogens is 268 g/mol. The molecular formula is C15H18N4O2. The van der Waals surface area contributed by atoms with E-state index < -0.39 is 0 Å². The van der Waals surface area contributed by atoms with E-state index in [2.05, 4.69) is 15.3 Å². The lowest BCUT2D eigenvalue weighted by Crippen LogP contribution is -2.31. The van der Waals surface area contributed by atoms with Crippen molar-refractivity contribution in [3.8, 4) is 11.6 Å². The molecule has 0 aliphatic carbocycles. The molecule has 0 aliphatic heterocycles. The van der Waals surface area contributed by atoms with Crippen molar-refractivity contribution in [1.82, 2.24) is 15.3 Å². The first kappa shape index (κ1) is 14.9. The largest absolute Gasteiger partial charge is 0.437 e. The van der Waals surface area contributed by atoms with E-state index in [1.165, 1.54) is 6.20 Å². The third-order valence-electron chi connectivity index (χ3n) is 2.87. The zero-order chi connectivity index (χ0) is 15.1. The van der Waals surface area contributed by atoms with E-state index in [0.717, 1.165) is 0 Å². The molecule has 0 spiro atoms. The molecule has 0 aliphatic rings. The number of ether oxygens (including phenoxy) is 1. The highest BCUT2D eigenvalue weighted by Gasteiger charge is 2.08. The molecule has 110 valence electrons. The summed E-state index contributed by atoms with van der Waals surface area (Å²) < 4.78 is 5.54. The van der Waals surface area contributed by atoms with E-state index >= 15 is 0 Å². The SMILES string of the molecule is CC(CN)CNC(=O)c1cccc(Oc2cnccn2)c1. The second kappa shape index (κ2) is 7.35. The lowest BCUT2D eigenvalue weighted by molar-refractivity contribution is 0.0948. The second-order valence-electron chi connectivity index (χ2n) is 4.72. The maximum Gasteiger partial charge on any atom is 0.251 e. The Morgan fingerprint density at radius 2 is 2.29 bits per heavy atom. The van der Waals surface area contributed by atoms with Crippen LogP contribution in [0.15, 0.2) is 42.9 Å². The molecule has 1 heterocycles. The van der Waals surface area contributed by atoms with Crippen molar-refractivity contribution in [3.63, 3.8) is 0 Å². The Morgan fingerprint density at radius 3 is 3.00 bits per heavy atom. The molecule has 1 unspecified atom stereocenters. The Labute approximate surface area is 123 Å². The first-order valence-electron chi connectivity index (χ1n) is 6.71. The molecule has 6 heteroatoms. The van der Waals surface area contributed by atoms with Crippen LogP contribution in [0.5, 0.6) is 11.6 Å². The smallest absolute Gasteiger partial charge is 0.251 e. The predicted molar refractivity (Wildman–Crippen MR) is 79.1 cm³/mol. The summed E-state index contributed by atoms with van der Waals surface area (Å²) in [5, 5.41) is 2.84. The van der Waals surface area contributed by atoms with Gasteiger partial charge in [0, 0.05) is 24.5 Å². The highest BCUT2D eigenvalue weighted by Crippen LogP contribution is 2.19. The number of nitrogens with two attached hydrogens (primary N) is 1. The molecule has 0 bridgehead atoms. The lowest BCUT2D eigenvalue weighted by Gasteiger charge is -2.11. The number of carbonyl (C=O) groups is 1. The molecule has 0 radical (unpaired) electrons. The number of amides is 1. The summed E-state index contributed by atoms with van der Waals surface area (Å²) in [5.41, 5.74) is 6.05. The monoisotopic (exact) mass is 286 g/mol. The molecule has 1 aromatic heterocycles. The van der Waals surface area contributed by atoms with Crippen LogP contribution in [-0.2, 0) is 0 Å². The lowest BCUT2D eigenvalue weighted by atomic mass is 10.1. The van der Waals surface area contributed by atoms with E-state index in [9.17, 15) is 4.79 Å². The van der Waals surface area contributed by atoms with Gasteiger partial charge in [-0.25, -0.2) is 4.98 Å². The van der Waals surface area contributed by atoms with E-state index in [4.69, 9.17) is 10.5 Å². The van der Waals surface area contributed by atoms with Crippen LogP contribution in [0.3, 0.4) is 0 Å². The Morgan fingerprint density at radius 1 is 1.43 bits per heavy atom. The van der Waals surface area contributed by atoms with Crippen molar-refractivity contribution in [2.24, 2.45) is 11.7 Å². The number of nitrogens with one attached hydrogen (secondary N) is 1. The zero-order valence-corrected chi connectivity index (χ0v) is 11.8. The van der Waals surface area contributed by atoms with Crippen LogP contribution in [-0.4, -0.2) is 29.0 Å². The molecule has 21 heavy (non-hydrogen) atoms. The zero-order valence-electron chi connectivity index (χ0n) is 11.8. The van der Waals surface area contributed by atoms with Gasteiger partial charge in [-0.15, -0.1) is 0 Å². The molecule has 3 N–H and O–H groups in total.